The molecule has 3 rings (SSSR count). The fourth-order valence-corrected chi connectivity index (χ4v) is 2.35. The first-order valence-electron chi connectivity index (χ1n) is 6.83. The number of carbonyl (C=O) groups excluding carboxylic acids is 1. The van der Waals surface area contributed by atoms with Gasteiger partial charge in [-0.2, -0.15) is 0 Å². The number of H-pyrrole nitrogens is 2. The number of nitrogens with one attached hydrogen (secondary N) is 2. The number of amides is 1. The number of ether oxygens (including phenoxy) is 1. The number of aromatic nitrogens is 4. The molecular weight excluding hydrogens is 293 g/mol. The minimum absolute atomic E-state index is 0.0794. The summed E-state index contributed by atoms with van der Waals surface area (Å²) in [7, 11) is 0. The number of hydrogen-bond acceptors (Lipinski definition) is 5. The Morgan fingerprint density at radius 1 is 1.41 bits per heavy atom. The molecule has 8 nitrogen and oxygen atoms in total. The van der Waals surface area contributed by atoms with Crippen molar-refractivity contribution in [3.05, 3.63) is 40.6 Å². The Hall–Kier alpha value is -2.71. The van der Waals surface area contributed by atoms with Crippen LogP contribution in [0.4, 0.5) is 4.39 Å². The van der Waals surface area contributed by atoms with Gasteiger partial charge in [-0.1, -0.05) is 0 Å². The lowest BCUT2D eigenvalue weighted by molar-refractivity contribution is 0.0510. The van der Waals surface area contributed by atoms with Crippen molar-refractivity contribution in [1.29, 1.82) is 0 Å². The van der Waals surface area contributed by atoms with Crippen LogP contribution >= 0.6 is 0 Å². The monoisotopic (exact) mass is 307 g/mol. The van der Waals surface area contributed by atoms with E-state index in [0.29, 0.717) is 13.1 Å². The van der Waals surface area contributed by atoms with E-state index < -0.39 is 11.5 Å². The predicted octanol–water partition coefficient (Wildman–Crippen LogP) is 0.316. The SMILES string of the molecule is O=C(c1c[nH]c(=O)[nH]1)N1CCCC(Oc2ncc(F)cn2)C1. The van der Waals surface area contributed by atoms with E-state index >= 15 is 0 Å². The molecule has 3 heterocycles. The molecule has 1 aliphatic heterocycles. The average molecular weight is 307 g/mol. The molecule has 0 aromatic carbocycles. The lowest BCUT2D eigenvalue weighted by Crippen LogP contribution is -2.44. The molecule has 2 N–H and O–H groups in total. The second-order valence-corrected chi connectivity index (χ2v) is 4.97. The van der Waals surface area contributed by atoms with Gasteiger partial charge in [-0.05, 0) is 12.8 Å². The van der Waals surface area contributed by atoms with Crippen LogP contribution < -0.4 is 10.4 Å². The van der Waals surface area contributed by atoms with E-state index in [2.05, 4.69) is 19.9 Å². The van der Waals surface area contributed by atoms with Gasteiger partial charge in [0.1, 0.15) is 11.8 Å². The summed E-state index contributed by atoms with van der Waals surface area (Å²) in [6.07, 6.45) is 4.63. The Morgan fingerprint density at radius 2 is 2.18 bits per heavy atom. The molecule has 2 aromatic rings. The number of halogens is 1. The number of piperidine rings is 1. The Morgan fingerprint density at radius 3 is 2.86 bits per heavy atom. The van der Waals surface area contributed by atoms with Gasteiger partial charge in [-0.3, -0.25) is 4.79 Å². The second-order valence-electron chi connectivity index (χ2n) is 4.97. The highest BCUT2D eigenvalue weighted by Gasteiger charge is 2.27. The second kappa shape index (κ2) is 5.96. The summed E-state index contributed by atoms with van der Waals surface area (Å²) in [4.78, 5) is 37.2. The first kappa shape index (κ1) is 14.2. The minimum Gasteiger partial charge on any atom is -0.458 e. The highest BCUT2D eigenvalue weighted by molar-refractivity contribution is 5.92. The Bertz CT molecular complexity index is 711. The third kappa shape index (κ3) is 3.13. The number of nitrogens with zero attached hydrogens (tertiary/aromatic N) is 3. The predicted molar refractivity (Wildman–Crippen MR) is 73.0 cm³/mol. The van der Waals surface area contributed by atoms with Crippen LogP contribution in [0.15, 0.2) is 23.4 Å². The van der Waals surface area contributed by atoms with Crippen LogP contribution in [-0.4, -0.2) is 49.9 Å². The maximum atomic E-state index is 12.8. The van der Waals surface area contributed by atoms with E-state index in [1.807, 2.05) is 0 Å². The summed E-state index contributed by atoms with van der Waals surface area (Å²) in [6, 6.07) is 0.0794. The molecule has 0 spiro atoms. The molecule has 9 heteroatoms. The molecule has 0 bridgehead atoms. The van der Waals surface area contributed by atoms with Crippen LogP contribution in [0.5, 0.6) is 6.01 Å². The number of imidazole rings is 1. The zero-order valence-corrected chi connectivity index (χ0v) is 11.6. The van der Waals surface area contributed by atoms with Crippen molar-refractivity contribution in [2.75, 3.05) is 13.1 Å². The number of likely N-dealkylation sites (tertiary alicyclic amines) is 1. The van der Waals surface area contributed by atoms with E-state index in [4.69, 9.17) is 4.74 Å². The van der Waals surface area contributed by atoms with Crippen molar-refractivity contribution in [2.24, 2.45) is 0 Å². The summed E-state index contributed by atoms with van der Waals surface area (Å²) >= 11 is 0. The van der Waals surface area contributed by atoms with Gasteiger partial charge in [0.15, 0.2) is 5.82 Å². The molecule has 2 aromatic heterocycles. The third-order valence-electron chi connectivity index (χ3n) is 3.36. The summed E-state index contributed by atoms with van der Waals surface area (Å²) in [5.41, 5.74) is -0.212. The van der Waals surface area contributed by atoms with E-state index in [-0.39, 0.29) is 23.7 Å². The zero-order valence-electron chi connectivity index (χ0n) is 11.6. The van der Waals surface area contributed by atoms with E-state index in [9.17, 15) is 14.0 Å². The van der Waals surface area contributed by atoms with Crippen LogP contribution in [0.25, 0.3) is 0 Å². The molecule has 1 aliphatic rings. The normalized spacial score (nSPS) is 18.2. The molecule has 1 fully saturated rings. The Kier molecular flexibility index (Phi) is 3.86. The van der Waals surface area contributed by atoms with E-state index in [1.165, 1.54) is 6.20 Å². The van der Waals surface area contributed by atoms with Gasteiger partial charge in [-0.25, -0.2) is 19.2 Å². The van der Waals surface area contributed by atoms with Crippen LogP contribution in [-0.2, 0) is 0 Å². The van der Waals surface area contributed by atoms with Crippen molar-refractivity contribution in [3.8, 4) is 6.01 Å². The lowest BCUT2D eigenvalue weighted by Gasteiger charge is -2.31. The summed E-state index contributed by atoms with van der Waals surface area (Å²) in [6.45, 7) is 0.933. The molecule has 22 heavy (non-hydrogen) atoms. The summed E-state index contributed by atoms with van der Waals surface area (Å²) < 4.78 is 18.3. The standard InChI is InChI=1S/C13H14FN5O3/c14-8-4-16-13(17-5-8)22-9-2-1-3-19(7-9)11(20)10-6-15-12(21)18-10/h4-6,9H,1-3,7H2,(H2,15,18,21). The van der Waals surface area contributed by atoms with Crippen LogP contribution in [0.3, 0.4) is 0 Å². The third-order valence-corrected chi connectivity index (χ3v) is 3.36. The first-order chi connectivity index (χ1) is 10.6. The molecule has 0 radical (unpaired) electrons. The van der Waals surface area contributed by atoms with Crippen molar-refractivity contribution >= 4 is 5.91 Å². The van der Waals surface area contributed by atoms with Crippen LogP contribution in [0, 0.1) is 5.82 Å². The topological polar surface area (TPSA) is 104 Å². The number of rotatable bonds is 3. The van der Waals surface area contributed by atoms with Crippen molar-refractivity contribution in [3.63, 3.8) is 0 Å². The molecule has 1 amide bonds. The van der Waals surface area contributed by atoms with Gasteiger partial charge in [0, 0.05) is 12.7 Å². The van der Waals surface area contributed by atoms with Crippen LogP contribution in [0.2, 0.25) is 0 Å². The van der Waals surface area contributed by atoms with Crippen molar-refractivity contribution < 1.29 is 13.9 Å². The maximum absolute atomic E-state index is 12.8. The minimum atomic E-state index is -0.538. The van der Waals surface area contributed by atoms with Gasteiger partial charge >= 0.3 is 11.7 Å². The molecule has 116 valence electrons. The smallest absolute Gasteiger partial charge is 0.323 e. The first-order valence-corrected chi connectivity index (χ1v) is 6.83. The van der Waals surface area contributed by atoms with Gasteiger partial charge in [0.05, 0.1) is 18.9 Å². The maximum Gasteiger partial charge on any atom is 0.323 e. The molecule has 0 aliphatic carbocycles. The Labute approximate surface area is 124 Å². The van der Waals surface area contributed by atoms with Gasteiger partial charge in [0.2, 0.25) is 0 Å². The molecule has 1 atom stereocenters. The quantitative estimate of drug-likeness (QED) is 0.849. The molecular formula is C13H14FN5O3. The van der Waals surface area contributed by atoms with Gasteiger partial charge < -0.3 is 19.6 Å². The Balaban J connectivity index is 1.65. The molecule has 0 saturated carbocycles. The van der Waals surface area contributed by atoms with Gasteiger partial charge in [-0.15, -0.1) is 0 Å². The fraction of sp³-hybridized carbons (Fsp3) is 0.385. The zero-order chi connectivity index (χ0) is 15.5. The van der Waals surface area contributed by atoms with Crippen LogP contribution in [0.1, 0.15) is 23.3 Å². The lowest BCUT2D eigenvalue weighted by atomic mass is 10.1. The fourth-order valence-electron chi connectivity index (χ4n) is 2.35. The highest BCUT2D eigenvalue weighted by atomic mass is 19.1. The number of carbonyl (C=O) groups is 1. The number of aromatic amines is 2. The molecule has 1 saturated heterocycles. The van der Waals surface area contributed by atoms with Crippen molar-refractivity contribution in [1.82, 2.24) is 24.8 Å². The van der Waals surface area contributed by atoms with Crippen molar-refractivity contribution in [2.45, 2.75) is 18.9 Å². The average Bonchev–Trinajstić information content (AvgIpc) is 2.96. The largest absolute Gasteiger partial charge is 0.458 e. The summed E-state index contributed by atoms with van der Waals surface area (Å²) in [5, 5.41) is 0. The molecule has 1 unspecified atom stereocenters. The van der Waals surface area contributed by atoms with E-state index in [0.717, 1.165) is 25.2 Å². The summed E-state index contributed by atoms with van der Waals surface area (Å²) in [5.74, 6) is -0.809. The van der Waals surface area contributed by atoms with E-state index in [1.54, 1.807) is 4.90 Å². The van der Waals surface area contributed by atoms with Gasteiger partial charge in [0.25, 0.3) is 5.91 Å². The number of hydrogen-bond donors (Lipinski definition) is 2. The highest BCUT2D eigenvalue weighted by Crippen LogP contribution is 2.16.